The number of likely N-dealkylation sites (tertiary alicyclic amines) is 1. The number of hydrogen-bond acceptors (Lipinski definition) is 5. The zero-order valence-electron chi connectivity index (χ0n) is 15.9. The van der Waals surface area contributed by atoms with Crippen molar-refractivity contribution in [1.82, 2.24) is 10.2 Å². The minimum atomic E-state index is -2.29. The van der Waals surface area contributed by atoms with Crippen LogP contribution in [-0.4, -0.2) is 43.3 Å². The molecule has 1 saturated carbocycles. The van der Waals surface area contributed by atoms with Crippen molar-refractivity contribution in [1.29, 1.82) is 0 Å². The van der Waals surface area contributed by atoms with E-state index < -0.39 is 6.43 Å². The molecule has 5 nitrogen and oxygen atoms in total. The van der Waals surface area contributed by atoms with Gasteiger partial charge in [-0.3, -0.25) is 9.69 Å². The number of azo groups is 1. The fourth-order valence-electron chi connectivity index (χ4n) is 6.35. The fraction of sp³-hybridized carbons (Fsp3) is 0.750. The van der Waals surface area contributed by atoms with Crippen LogP contribution in [0.1, 0.15) is 46.0 Å². The maximum Gasteiger partial charge on any atom is 0.251 e. The van der Waals surface area contributed by atoms with E-state index in [0.29, 0.717) is 19.5 Å². The summed E-state index contributed by atoms with van der Waals surface area (Å²) in [4.78, 5) is 15.1. The molecule has 0 amide bonds. The van der Waals surface area contributed by atoms with E-state index in [9.17, 15) is 13.6 Å². The van der Waals surface area contributed by atoms with Crippen LogP contribution in [0.3, 0.4) is 0 Å². The molecule has 1 N–H and O–H groups in total. The van der Waals surface area contributed by atoms with Gasteiger partial charge in [-0.1, -0.05) is 13.8 Å². The minimum Gasteiger partial charge on any atom is -0.342 e. The van der Waals surface area contributed by atoms with Crippen LogP contribution < -0.4 is 5.32 Å². The summed E-state index contributed by atoms with van der Waals surface area (Å²) in [7, 11) is 0. The summed E-state index contributed by atoms with van der Waals surface area (Å²) in [5.41, 5.74) is 2.85. The number of dihydropyridines is 1. The third kappa shape index (κ3) is 2.53. The monoisotopic (exact) mass is 376 g/mol. The topological polar surface area (TPSA) is 57.1 Å². The minimum absolute atomic E-state index is 0.0539. The molecule has 1 saturated heterocycles. The molecule has 0 atom stereocenters. The number of alkyl halides is 2. The van der Waals surface area contributed by atoms with Crippen molar-refractivity contribution in [3.05, 3.63) is 22.7 Å². The first kappa shape index (κ1) is 17.5. The quantitative estimate of drug-likeness (QED) is 0.800. The first-order valence-corrected chi connectivity index (χ1v) is 9.88. The largest absolute Gasteiger partial charge is 0.342 e. The van der Waals surface area contributed by atoms with Gasteiger partial charge >= 0.3 is 0 Å². The second kappa shape index (κ2) is 5.46. The molecule has 0 unspecified atom stereocenters. The number of Topliss-reactive ketones (excluding diaryl/α,β-unsaturated/α-hetero) is 1. The molecular formula is C20H26F2N4O. The number of ketones is 1. The fourth-order valence-corrected chi connectivity index (χ4v) is 6.35. The molecule has 0 bridgehead atoms. The van der Waals surface area contributed by atoms with Crippen molar-refractivity contribution in [3.8, 4) is 0 Å². The van der Waals surface area contributed by atoms with Gasteiger partial charge in [-0.15, -0.1) is 5.11 Å². The van der Waals surface area contributed by atoms with Crippen molar-refractivity contribution < 1.29 is 13.6 Å². The van der Waals surface area contributed by atoms with Crippen molar-refractivity contribution in [2.24, 2.45) is 26.5 Å². The predicted octanol–water partition coefficient (Wildman–Crippen LogP) is 3.65. The van der Waals surface area contributed by atoms with Gasteiger partial charge in [0.2, 0.25) is 0 Å². The van der Waals surface area contributed by atoms with Gasteiger partial charge in [0.05, 0.1) is 13.1 Å². The maximum atomic E-state index is 13.2. The standard InChI is InChI=1S/C20H26F2N4O/c1-18(2)5-13-16(14(27)6-18)20(12-7-23-25-17(12)24-13)9-19(10-20)3-4-26(11-19)8-15(21)22/h15,24H,3-11H2,1-2H3. The van der Waals surface area contributed by atoms with Gasteiger partial charge in [-0.05, 0) is 43.1 Å². The second-order valence-corrected chi connectivity index (χ2v) is 9.96. The summed E-state index contributed by atoms with van der Waals surface area (Å²) in [6, 6.07) is 0. The van der Waals surface area contributed by atoms with Crippen LogP contribution >= 0.6 is 0 Å². The summed E-state index contributed by atoms with van der Waals surface area (Å²) in [6.45, 7) is 6.11. The molecule has 27 heavy (non-hydrogen) atoms. The molecule has 3 heterocycles. The van der Waals surface area contributed by atoms with E-state index in [2.05, 4.69) is 29.4 Å². The van der Waals surface area contributed by atoms with Crippen LogP contribution in [-0.2, 0) is 4.79 Å². The average molecular weight is 376 g/mol. The van der Waals surface area contributed by atoms with E-state index >= 15 is 0 Å². The number of fused-ring (bicyclic) bond motifs is 2. The van der Waals surface area contributed by atoms with Gasteiger partial charge in [0.15, 0.2) is 11.6 Å². The normalized spacial score (nSPS) is 37.3. The molecular weight excluding hydrogens is 350 g/mol. The third-order valence-electron chi connectivity index (χ3n) is 7.15. The molecule has 0 aromatic carbocycles. The van der Waals surface area contributed by atoms with E-state index in [-0.39, 0.29) is 28.6 Å². The first-order chi connectivity index (χ1) is 12.7. The number of halogens is 2. The van der Waals surface area contributed by atoms with Crippen LogP contribution in [0.5, 0.6) is 0 Å². The summed E-state index contributed by atoms with van der Waals surface area (Å²) in [5.74, 6) is 1.07. The van der Waals surface area contributed by atoms with E-state index in [1.165, 1.54) is 0 Å². The number of nitrogens with zero attached hydrogens (tertiary/aromatic N) is 3. The predicted molar refractivity (Wildman–Crippen MR) is 96.1 cm³/mol. The summed E-state index contributed by atoms with van der Waals surface area (Å²) in [6.07, 6.45) is 1.80. The van der Waals surface area contributed by atoms with Gasteiger partial charge in [-0.25, -0.2) is 8.78 Å². The van der Waals surface area contributed by atoms with Crippen LogP contribution in [0, 0.1) is 16.2 Å². The van der Waals surface area contributed by atoms with E-state index in [0.717, 1.165) is 54.9 Å². The number of hydrogen-bond donors (Lipinski definition) is 1. The molecule has 2 spiro atoms. The Labute approximate surface area is 158 Å². The van der Waals surface area contributed by atoms with Crippen molar-refractivity contribution >= 4 is 5.78 Å². The highest BCUT2D eigenvalue weighted by atomic mass is 19.3. The number of carbonyl (C=O) groups excluding carboxylic acids is 1. The van der Waals surface area contributed by atoms with Gasteiger partial charge in [0.25, 0.3) is 6.43 Å². The Morgan fingerprint density at radius 1 is 1.26 bits per heavy atom. The lowest BCUT2D eigenvalue weighted by Gasteiger charge is -2.59. The summed E-state index contributed by atoms with van der Waals surface area (Å²) in [5, 5.41) is 12.0. The van der Waals surface area contributed by atoms with Crippen molar-refractivity contribution in [2.75, 3.05) is 26.2 Å². The second-order valence-electron chi connectivity index (χ2n) is 9.96. The zero-order valence-corrected chi connectivity index (χ0v) is 15.9. The summed E-state index contributed by atoms with van der Waals surface area (Å²) < 4.78 is 25.6. The van der Waals surface area contributed by atoms with Gasteiger partial charge < -0.3 is 5.32 Å². The molecule has 146 valence electrons. The number of rotatable bonds is 2. The Morgan fingerprint density at radius 2 is 2.04 bits per heavy atom. The lowest BCUT2D eigenvalue weighted by molar-refractivity contribution is -0.121. The number of allylic oxidation sites excluding steroid dienone is 2. The Kier molecular flexibility index (Phi) is 3.53. The average Bonchev–Trinajstić information content (AvgIpc) is 3.11. The zero-order chi connectivity index (χ0) is 19.0. The Morgan fingerprint density at radius 3 is 2.78 bits per heavy atom. The van der Waals surface area contributed by atoms with Crippen LogP contribution in [0.15, 0.2) is 32.9 Å². The summed E-state index contributed by atoms with van der Waals surface area (Å²) >= 11 is 0. The highest BCUT2D eigenvalue weighted by Gasteiger charge is 2.64. The first-order valence-electron chi connectivity index (χ1n) is 9.88. The number of nitrogens with one attached hydrogen (secondary N) is 1. The smallest absolute Gasteiger partial charge is 0.251 e. The maximum absolute atomic E-state index is 13.2. The highest BCUT2D eigenvalue weighted by Crippen LogP contribution is 2.68. The molecule has 2 fully saturated rings. The Balaban J connectivity index is 1.47. The SMILES string of the molecule is CC1(C)CC(=O)C2=C(C1)NC1=C(CN=N1)C21CC2(CCN(CC(F)F)C2)C1. The van der Waals surface area contributed by atoms with E-state index in [1.807, 2.05) is 4.90 Å². The highest BCUT2D eigenvalue weighted by molar-refractivity contribution is 6.00. The van der Waals surface area contributed by atoms with Crippen LogP contribution in [0.25, 0.3) is 0 Å². The van der Waals surface area contributed by atoms with E-state index in [1.54, 1.807) is 0 Å². The van der Waals surface area contributed by atoms with Gasteiger partial charge in [0.1, 0.15) is 0 Å². The van der Waals surface area contributed by atoms with Crippen molar-refractivity contribution in [2.45, 2.75) is 52.4 Å². The molecule has 5 aliphatic rings. The molecule has 3 aliphatic heterocycles. The van der Waals surface area contributed by atoms with Gasteiger partial charge in [-0.2, -0.15) is 5.11 Å². The van der Waals surface area contributed by atoms with Gasteiger partial charge in [0, 0.05) is 35.2 Å². The molecule has 5 rings (SSSR count). The molecule has 7 heteroatoms. The molecule has 0 aromatic heterocycles. The Bertz CT molecular complexity index is 805. The number of carbonyl (C=O) groups is 1. The van der Waals surface area contributed by atoms with Crippen molar-refractivity contribution in [3.63, 3.8) is 0 Å². The van der Waals surface area contributed by atoms with E-state index in [4.69, 9.17) is 0 Å². The molecule has 0 aromatic rings. The lowest BCUT2D eigenvalue weighted by atomic mass is 9.45. The van der Waals surface area contributed by atoms with Crippen LogP contribution in [0.2, 0.25) is 0 Å². The lowest BCUT2D eigenvalue weighted by Crippen LogP contribution is -2.55. The molecule has 2 aliphatic carbocycles. The third-order valence-corrected chi connectivity index (χ3v) is 7.15. The Hall–Kier alpha value is -1.63. The molecule has 0 radical (unpaired) electrons. The van der Waals surface area contributed by atoms with Crippen LogP contribution in [0.4, 0.5) is 8.78 Å².